The monoisotopic (exact) mass is 417 g/mol. The van der Waals surface area contributed by atoms with Crippen LogP contribution in [0.1, 0.15) is 35.6 Å². The highest BCUT2D eigenvalue weighted by Gasteiger charge is 2.20. The highest BCUT2D eigenvalue weighted by molar-refractivity contribution is 5.95. The largest absolute Gasteiger partial charge is 0.324 e. The Kier molecular flexibility index (Phi) is 7.07. The standard InChI is InChI=1S/C26H28FN3O/c27-23-12-14-24(15-13-23)29-26(31)25(22-6-2-1-3-7-22)28-18-20-8-10-21(11-9-20)19-30-16-4-5-17-30/h1-3,6-15,25,28H,4-5,16-19H2,(H,29,31). The summed E-state index contributed by atoms with van der Waals surface area (Å²) < 4.78 is 13.2. The topological polar surface area (TPSA) is 44.4 Å². The summed E-state index contributed by atoms with van der Waals surface area (Å²) in [4.78, 5) is 15.5. The molecule has 0 saturated carbocycles. The van der Waals surface area contributed by atoms with E-state index in [1.165, 1.54) is 43.6 Å². The first-order valence-corrected chi connectivity index (χ1v) is 10.8. The number of anilines is 1. The number of benzene rings is 3. The van der Waals surface area contributed by atoms with Crippen molar-refractivity contribution in [2.45, 2.75) is 32.0 Å². The van der Waals surface area contributed by atoms with Gasteiger partial charge < -0.3 is 5.32 Å². The molecular weight excluding hydrogens is 389 g/mol. The maximum absolute atomic E-state index is 13.2. The molecule has 0 spiro atoms. The van der Waals surface area contributed by atoms with Gasteiger partial charge in [-0.3, -0.25) is 15.0 Å². The Labute approximate surface area is 183 Å². The van der Waals surface area contributed by atoms with Crippen LogP contribution in [-0.2, 0) is 17.9 Å². The first kappa shape index (κ1) is 21.2. The van der Waals surface area contributed by atoms with Crippen LogP contribution in [0.2, 0.25) is 0 Å². The van der Waals surface area contributed by atoms with Crippen molar-refractivity contribution in [3.8, 4) is 0 Å². The predicted molar refractivity (Wildman–Crippen MR) is 122 cm³/mol. The number of hydrogen-bond acceptors (Lipinski definition) is 3. The highest BCUT2D eigenvalue weighted by atomic mass is 19.1. The van der Waals surface area contributed by atoms with Crippen molar-refractivity contribution in [2.24, 2.45) is 0 Å². The normalized spacial score (nSPS) is 15.0. The molecule has 1 aliphatic rings. The number of amides is 1. The molecule has 4 nitrogen and oxygen atoms in total. The summed E-state index contributed by atoms with van der Waals surface area (Å²) in [6, 6.07) is 23.5. The summed E-state index contributed by atoms with van der Waals surface area (Å²) in [6.07, 6.45) is 2.59. The van der Waals surface area contributed by atoms with Crippen molar-refractivity contribution in [3.63, 3.8) is 0 Å². The Morgan fingerprint density at radius 3 is 2.19 bits per heavy atom. The molecule has 1 saturated heterocycles. The minimum atomic E-state index is -0.518. The van der Waals surface area contributed by atoms with Crippen LogP contribution in [0.25, 0.3) is 0 Å². The third-order valence-electron chi connectivity index (χ3n) is 5.64. The van der Waals surface area contributed by atoms with Crippen LogP contribution in [0, 0.1) is 5.82 Å². The van der Waals surface area contributed by atoms with E-state index in [1.54, 1.807) is 12.1 Å². The molecule has 3 aromatic rings. The van der Waals surface area contributed by atoms with Gasteiger partial charge in [0.15, 0.2) is 0 Å². The van der Waals surface area contributed by atoms with Crippen LogP contribution in [0.5, 0.6) is 0 Å². The van der Waals surface area contributed by atoms with Gasteiger partial charge in [0.05, 0.1) is 0 Å². The average molecular weight is 418 g/mol. The number of hydrogen-bond donors (Lipinski definition) is 2. The molecular formula is C26H28FN3O. The molecule has 2 N–H and O–H groups in total. The quantitative estimate of drug-likeness (QED) is 0.548. The van der Waals surface area contributed by atoms with E-state index in [0.717, 1.165) is 17.7 Å². The lowest BCUT2D eigenvalue weighted by Gasteiger charge is -2.19. The zero-order valence-corrected chi connectivity index (χ0v) is 17.6. The summed E-state index contributed by atoms with van der Waals surface area (Å²) in [5.41, 5.74) is 3.90. The molecule has 1 atom stereocenters. The lowest BCUT2D eigenvalue weighted by molar-refractivity contribution is -0.118. The summed E-state index contributed by atoms with van der Waals surface area (Å²) in [6.45, 7) is 3.94. The Morgan fingerprint density at radius 2 is 1.52 bits per heavy atom. The molecule has 160 valence electrons. The maximum Gasteiger partial charge on any atom is 0.246 e. The zero-order valence-electron chi connectivity index (χ0n) is 17.6. The fraction of sp³-hybridized carbons (Fsp3) is 0.269. The van der Waals surface area contributed by atoms with Gasteiger partial charge in [0.2, 0.25) is 5.91 Å². The second kappa shape index (κ2) is 10.3. The van der Waals surface area contributed by atoms with Crippen molar-refractivity contribution in [1.29, 1.82) is 0 Å². The molecule has 1 unspecified atom stereocenters. The Bertz CT molecular complexity index is 968. The Balaban J connectivity index is 1.41. The molecule has 5 heteroatoms. The number of rotatable bonds is 8. The second-order valence-corrected chi connectivity index (χ2v) is 8.02. The molecule has 1 heterocycles. The van der Waals surface area contributed by atoms with Gasteiger partial charge in [-0.25, -0.2) is 4.39 Å². The molecule has 0 bridgehead atoms. The number of likely N-dealkylation sites (tertiary alicyclic amines) is 1. The van der Waals surface area contributed by atoms with Crippen molar-refractivity contribution < 1.29 is 9.18 Å². The molecule has 1 fully saturated rings. The Hall–Kier alpha value is -3.02. The minimum Gasteiger partial charge on any atom is -0.324 e. The van der Waals surface area contributed by atoms with Crippen LogP contribution in [0.15, 0.2) is 78.9 Å². The third-order valence-corrected chi connectivity index (χ3v) is 5.64. The van der Waals surface area contributed by atoms with E-state index in [9.17, 15) is 9.18 Å². The lowest BCUT2D eigenvalue weighted by Crippen LogP contribution is -2.32. The van der Waals surface area contributed by atoms with Gasteiger partial charge in [-0.2, -0.15) is 0 Å². The maximum atomic E-state index is 13.2. The number of halogens is 1. The van der Waals surface area contributed by atoms with Crippen molar-refractivity contribution >= 4 is 11.6 Å². The van der Waals surface area contributed by atoms with E-state index >= 15 is 0 Å². The molecule has 0 aromatic heterocycles. The average Bonchev–Trinajstić information content (AvgIpc) is 3.30. The Morgan fingerprint density at radius 1 is 0.871 bits per heavy atom. The van der Waals surface area contributed by atoms with Crippen molar-refractivity contribution in [2.75, 3.05) is 18.4 Å². The van der Waals surface area contributed by atoms with Crippen LogP contribution in [0.4, 0.5) is 10.1 Å². The van der Waals surface area contributed by atoms with E-state index < -0.39 is 6.04 Å². The van der Waals surface area contributed by atoms with Crippen molar-refractivity contribution in [3.05, 3.63) is 101 Å². The minimum absolute atomic E-state index is 0.177. The van der Waals surface area contributed by atoms with Crippen molar-refractivity contribution in [1.82, 2.24) is 10.2 Å². The molecule has 0 aliphatic carbocycles. The fourth-order valence-corrected chi connectivity index (χ4v) is 3.94. The smallest absolute Gasteiger partial charge is 0.246 e. The van der Waals surface area contributed by atoms with Gasteiger partial charge in [-0.1, -0.05) is 54.6 Å². The second-order valence-electron chi connectivity index (χ2n) is 8.02. The molecule has 3 aromatic carbocycles. The van der Waals surface area contributed by atoms with Gasteiger partial charge in [0, 0.05) is 18.8 Å². The van der Waals surface area contributed by atoms with E-state index in [-0.39, 0.29) is 11.7 Å². The van der Waals surface area contributed by atoms with Gasteiger partial charge in [-0.15, -0.1) is 0 Å². The van der Waals surface area contributed by atoms with Crippen LogP contribution in [-0.4, -0.2) is 23.9 Å². The van der Waals surface area contributed by atoms with E-state index in [0.29, 0.717) is 12.2 Å². The van der Waals surface area contributed by atoms with Gasteiger partial charge in [0.1, 0.15) is 11.9 Å². The van der Waals surface area contributed by atoms with Gasteiger partial charge in [0.25, 0.3) is 0 Å². The summed E-state index contributed by atoms with van der Waals surface area (Å²) in [5, 5.41) is 6.26. The lowest BCUT2D eigenvalue weighted by atomic mass is 10.0. The van der Waals surface area contributed by atoms with E-state index in [1.807, 2.05) is 30.3 Å². The van der Waals surface area contributed by atoms with E-state index in [2.05, 4.69) is 39.8 Å². The summed E-state index contributed by atoms with van der Waals surface area (Å²) in [5.74, 6) is -0.507. The molecule has 31 heavy (non-hydrogen) atoms. The van der Waals surface area contributed by atoms with Gasteiger partial charge in [-0.05, 0) is 66.9 Å². The third kappa shape index (κ3) is 6.00. The molecule has 1 aliphatic heterocycles. The summed E-state index contributed by atoms with van der Waals surface area (Å²) >= 11 is 0. The molecule has 0 radical (unpaired) electrons. The summed E-state index contributed by atoms with van der Waals surface area (Å²) in [7, 11) is 0. The van der Waals surface area contributed by atoms with Crippen LogP contribution >= 0.6 is 0 Å². The number of carbonyl (C=O) groups excluding carboxylic acids is 1. The van der Waals surface area contributed by atoms with Crippen LogP contribution in [0.3, 0.4) is 0 Å². The highest BCUT2D eigenvalue weighted by Crippen LogP contribution is 2.18. The number of carbonyl (C=O) groups is 1. The number of nitrogens with one attached hydrogen (secondary N) is 2. The molecule has 4 rings (SSSR count). The first-order chi connectivity index (χ1) is 15.2. The SMILES string of the molecule is O=C(Nc1ccc(F)cc1)C(NCc1ccc(CN2CCCC2)cc1)c1ccccc1. The fourth-order valence-electron chi connectivity index (χ4n) is 3.94. The molecule has 1 amide bonds. The number of nitrogens with zero attached hydrogens (tertiary/aromatic N) is 1. The van der Waals surface area contributed by atoms with Crippen LogP contribution < -0.4 is 10.6 Å². The predicted octanol–water partition coefficient (Wildman–Crippen LogP) is 4.89. The zero-order chi connectivity index (χ0) is 21.5. The first-order valence-electron chi connectivity index (χ1n) is 10.8. The van der Waals surface area contributed by atoms with Gasteiger partial charge >= 0.3 is 0 Å². The van der Waals surface area contributed by atoms with E-state index in [4.69, 9.17) is 0 Å².